The third-order valence-corrected chi connectivity index (χ3v) is 5.27. The summed E-state index contributed by atoms with van der Waals surface area (Å²) in [6.07, 6.45) is 5.73. The number of anilines is 1. The Morgan fingerprint density at radius 1 is 1.23 bits per heavy atom. The summed E-state index contributed by atoms with van der Waals surface area (Å²) >= 11 is 0. The first kappa shape index (κ1) is 14.5. The van der Waals surface area contributed by atoms with E-state index in [1.54, 1.807) is 0 Å². The third kappa shape index (κ3) is 2.43. The van der Waals surface area contributed by atoms with Gasteiger partial charge in [-0.05, 0) is 25.0 Å². The van der Waals surface area contributed by atoms with Crippen molar-refractivity contribution >= 4 is 21.4 Å². The van der Waals surface area contributed by atoms with Gasteiger partial charge in [-0.3, -0.25) is 10.1 Å². The van der Waals surface area contributed by atoms with E-state index in [1.807, 2.05) is 4.90 Å². The average molecular weight is 322 g/mol. The van der Waals surface area contributed by atoms with Crippen molar-refractivity contribution in [1.82, 2.24) is 8.96 Å². The molecule has 2 aromatic rings. The molecule has 0 amide bonds. The van der Waals surface area contributed by atoms with Crippen molar-refractivity contribution in [2.24, 2.45) is 0 Å². The van der Waals surface area contributed by atoms with Crippen LogP contribution < -0.4 is 4.90 Å². The van der Waals surface area contributed by atoms with Gasteiger partial charge in [0.05, 0.1) is 9.82 Å². The summed E-state index contributed by atoms with van der Waals surface area (Å²) in [5.74, 6) is 0. The van der Waals surface area contributed by atoms with Crippen molar-refractivity contribution in [3.8, 4) is 0 Å². The molecule has 2 heterocycles. The van der Waals surface area contributed by atoms with Crippen LogP contribution in [0.25, 0.3) is 0 Å². The molecule has 1 fully saturated rings. The first-order valence-corrected chi connectivity index (χ1v) is 8.21. The smallest absolute Gasteiger partial charge is 0.293 e. The zero-order chi connectivity index (χ0) is 15.7. The molecule has 0 saturated carbocycles. The zero-order valence-corrected chi connectivity index (χ0v) is 12.4. The van der Waals surface area contributed by atoms with Gasteiger partial charge in [0.2, 0.25) is 0 Å². The SMILES string of the molecule is O=[N+]([O-])c1cc(S(=O)(=O)n2ccnc2)ccc1N1CCCC1. The number of aromatic nitrogens is 2. The first-order valence-electron chi connectivity index (χ1n) is 6.77. The molecule has 0 bridgehead atoms. The van der Waals surface area contributed by atoms with Gasteiger partial charge in [-0.2, -0.15) is 0 Å². The standard InChI is InChI=1S/C13H14N4O4S/c18-17(19)13-9-11(22(20,21)16-8-5-14-10-16)3-4-12(13)15-6-1-2-7-15/h3-5,8-10H,1-2,6-7H2. The minimum Gasteiger partial charge on any atom is -0.366 e. The first-order chi connectivity index (χ1) is 10.5. The normalized spacial score (nSPS) is 15.2. The Balaban J connectivity index is 2.08. The van der Waals surface area contributed by atoms with Crippen LogP contribution in [0.1, 0.15) is 12.8 Å². The van der Waals surface area contributed by atoms with Gasteiger partial charge >= 0.3 is 0 Å². The average Bonchev–Trinajstić information content (AvgIpc) is 3.20. The van der Waals surface area contributed by atoms with E-state index in [-0.39, 0.29) is 10.6 Å². The molecule has 0 N–H and O–H groups in total. The fourth-order valence-electron chi connectivity index (χ4n) is 2.55. The van der Waals surface area contributed by atoms with Gasteiger partial charge in [-0.1, -0.05) is 0 Å². The Kier molecular flexibility index (Phi) is 3.57. The summed E-state index contributed by atoms with van der Waals surface area (Å²) in [5.41, 5.74) is 0.273. The number of imidazole rings is 1. The van der Waals surface area contributed by atoms with E-state index in [9.17, 15) is 18.5 Å². The van der Waals surface area contributed by atoms with Crippen LogP contribution in [-0.4, -0.2) is 35.4 Å². The highest BCUT2D eigenvalue weighted by atomic mass is 32.2. The fourth-order valence-corrected chi connectivity index (χ4v) is 3.68. The van der Waals surface area contributed by atoms with Crippen molar-refractivity contribution in [2.75, 3.05) is 18.0 Å². The van der Waals surface area contributed by atoms with Crippen LogP contribution in [0.15, 0.2) is 41.8 Å². The molecule has 3 rings (SSSR count). The van der Waals surface area contributed by atoms with Crippen molar-refractivity contribution < 1.29 is 13.3 Å². The van der Waals surface area contributed by atoms with Gasteiger partial charge in [0, 0.05) is 31.5 Å². The molecule has 1 aliphatic heterocycles. The monoisotopic (exact) mass is 322 g/mol. The number of hydrogen-bond donors (Lipinski definition) is 0. The maximum absolute atomic E-state index is 12.4. The van der Waals surface area contributed by atoms with Crippen molar-refractivity contribution in [1.29, 1.82) is 0 Å². The lowest BCUT2D eigenvalue weighted by Crippen LogP contribution is -2.19. The molecule has 1 aromatic carbocycles. The highest BCUT2D eigenvalue weighted by Crippen LogP contribution is 2.33. The molecule has 1 saturated heterocycles. The Hall–Kier alpha value is -2.42. The molecule has 116 valence electrons. The number of nitro groups is 1. The Labute approximate surface area is 127 Å². The fraction of sp³-hybridized carbons (Fsp3) is 0.308. The molecule has 1 aromatic heterocycles. The van der Waals surface area contributed by atoms with E-state index >= 15 is 0 Å². The maximum atomic E-state index is 12.4. The van der Waals surface area contributed by atoms with E-state index in [2.05, 4.69) is 4.98 Å². The second-order valence-corrected chi connectivity index (χ2v) is 6.84. The van der Waals surface area contributed by atoms with Gasteiger partial charge in [-0.25, -0.2) is 17.4 Å². The summed E-state index contributed by atoms with van der Waals surface area (Å²) in [6, 6.07) is 4.02. The lowest BCUT2D eigenvalue weighted by molar-refractivity contribution is -0.384. The second kappa shape index (κ2) is 5.41. The minimum atomic E-state index is -3.86. The molecule has 22 heavy (non-hydrogen) atoms. The van der Waals surface area contributed by atoms with Crippen LogP contribution in [0.3, 0.4) is 0 Å². The highest BCUT2D eigenvalue weighted by molar-refractivity contribution is 7.90. The maximum Gasteiger partial charge on any atom is 0.293 e. The van der Waals surface area contributed by atoms with Gasteiger partial charge in [0.1, 0.15) is 12.0 Å². The number of hydrogen-bond acceptors (Lipinski definition) is 6. The van der Waals surface area contributed by atoms with E-state index < -0.39 is 14.9 Å². The topological polar surface area (TPSA) is 98.3 Å². The number of nitro benzene ring substituents is 1. The summed E-state index contributed by atoms with van der Waals surface area (Å²) < 4.78 is 25.7. The van der Waals surface area contributed by atoms with Crippen molar-refractivity contribution in [3.63, 3.8) is 0 Å². The van der Waals surface area contributed by atoms with E-state index in [4.69, 9.17) is 0 Å². The second-order valence-electron chi connectivity index (χ2n) is 5.00. The number of benzene rings is 1. The summed E-state index contributed by atoms with van der Waals surface area (Å²) in [4.78, 5) is 16.2. The lowest BCUT2D eigenvalue weighted by atomic mass is 10.2. The van der Waals surface area contributed by atoms with Gasteiger partial charge in [0.25, 0.3) is 15.7 Å². The third-order valence-electron chi connectivity index (χ3n) is 3.65. The molecule has 0 atom stereocenters. The van der Waals surface area contributed by atoms with Crippen LogP contribution in [0.4, 0.5) is 11.4 Å². The van der Waals surface area contributed by atoms with Crippen molar-refractivity contribution in [3.05, 3.63) is 47.0 Å². The van der Waals surface area contributed by atoms with Crippen LogP contribution in [0, 0.1) is 10.1 Å². The number of rotatable bonds is 4. The highest BCUT2D eigenvalue weighted by Gasteiger charge is 2.26. The Morgan fingerprint density at radius 3 is 2.55 bits per heavy atom. The summed E-state index contributed by atoms with van der Waals surface area (Å²) in [5, 5.41) is 11.3. The molecule has 9 heteroatoms. The van der Waals surface area contributed by atoms with Gasteiger partial charge in [0.15, 0.2) is 0 Å². The predicted molar refractivity (Wildman–Crippen MR) is 79.4 cm³/mol. The molecule has 8 nitrogen and oxygen atoms in total. The molecule has 0 radical (unpaired) electrons. The van der Waals surface area contributed by atoms with Crippen molar-refractivity contribution in [2.45, 2.75) is 17.7 Å². The van der Waals surface area contributed by atoms with E-state index in [0.29, 0.717) is 5.69 Å². The molecular formula is C13H14N4O4S. The molecule has 0 aliphatic carbocycles. The summed E-state index contributed by atoms with van der Waals surface area (Å²) in [7, 11) is -3.86. The molecule has 0 unspecified atom stereocenters. The van der Waals surface area contributed by atoms with Crippen LogP contribution in [0.5, 0.6) is 0 Å². The zero-order valence-electron chi connectivity index (χ0n) is 11.6. The molecular weight excluding hydrogens is 308 g/mol. The van der Waals surface area contributed by atoms with Crippen LogP contribution >= 0.6 is 0 Å². The van der Waals surface area contributed by atoms with Crippen LogP contribution in [0.2, 0.25) is 0 Å². The lowest BCUT2D eigenvalue weighted by Gasteiger charge is -2.18. The Morgan fingerprint density at radius 2 is 1.95 bits per heavy atom. The van der Waals surface area contributed by atoms with Gasteiger partial charge in [-0.15, -0.1) is 0 Å². The predicted octanol–water partition coefficient (Wildman–Crippen LogP) is 1.63. The largest absolute Gasteiger partial charge is 0.366 e. The molecule has 0 spiro atoms. The number of nitrogens with zero attached hydrogens (tertiary/aromatic N) is 4. The minimum absolute atomic E-state index is 0.125. The summed E-state index contributed by atoms with van der Waals surface area (Å²) in [6.45, 7) is 1.49. The van der Waals surface area contributed by atoms with Gasteiger partial charge < -0.3 is 4.90 Å². The molecule has 1 aliphatic rings. The van der Waals surface area contributed by atoms with E-state index in [1.165, 1.54) is 24.5 Å². The Bertz CT molecular complexity index is 795. The quantitative estimate of drug-likeness (QED) is 0.626. The van der Waals surface area contributed by atoms with E-state index in [0.717, 1.165) is 42.3 Å². The van der Waals surface area contributed by atoms with Crippen LogP contribution in [-0.2, 0) is 10.0 Å².